The molecule has 1 unspecified atom stereocenters. The average Bonchev–Trinajstić information content (AvgIpc) is 3.38. The second-order valence-electron chi connectivity index (χ2n) is 9.67. The minimum atomic E-state index is -0.359. The van der Waals surface area contributed by atoms with Crippen LogP contribution in [0.2, 0.25) is 5.02 Å². The number of hydrogen-bond donors (Lipinski definition) is 2. The van der Waals surface area contributed by atoms with Crippen molar-refractivity contribution in [3.63, 3.8) is 0 Å². The van der Waals surface area contributed by atoms with Crippen molar-refractivity contribution in [1.29, 1.82) is 0 Å². The maximum Gasteiger partial charge on any atom is 0.235 e. The third-order valence-corrected chi connectivity index (χ3v) is 8.13. The summed E-state index contributed by atoms with van der Waals surface area (Å²) in [5, 5.41) is 4.70. The van der Waals surface area contributed by atoms with Gasteiger partial charge in [0.05, 0.1) is 47.1 Å². The van der Waals surface area contributed by atoms with Crippen molar-refractivity contribution in [2.75, 3.05) is 22.5 Å². The highest BCUT2D eigenvalue weighted by molar-refractivity contribution is 6.35. The Morgan fingerprint density at radius 3 is 2.88 bits per heavy atom. The number of amides is 1. The summed E-state index contributed by atoms with van der Waals surface area (Å²) in [6.45, 7) is 1.98. The van der Waals surface area contributed by atoms with Crippen LogP contribution in [0.25, 0.3) is 10.9 Å². The topological polar surface area (TPSA) is 93.4 Å². The lowest BCUT2D eigenvalue weighted by molar-refractivity contribution is -0.117. The molecule has 0 radical (unpaired) electrons. The number of hydrogen-bond acceptors (Lipinski definition) is 6. The predicted octanol–water partition coefficient (Wildman–Crippen LogP) is 4.61. The molecule has 3 aliphatic heterocycles. The number of carbonyl (C=O) groups excluding carboxylic acids is 1. The fourth-order valence-electron chi connectivity index (χ4n) is 5.87. The van der Waals surface area contributed by atoms with Crippen LogP contribution >= 0.6 is 11.6 Å². The van der Waals surface area contributed by atoms with E-state index < -0.39 is 0 Å². The summed E-state index contributed by atoms with van der Waals surface area (Å²) in [4.78, 5) is 24.3. The molecule has 1 aliphatic carbocycles. The number of pyridine rings is 2. The van der Waals surface area contributed by atoms with Crippen LogP contribution in [-0.4, -0.2) is 22.4 Å². The lowest BCUT2D eigenvalue weighted by atomic mass is 9.90. The van der Waals surface area contributed by atoms with Gasteiger partial charge < -0.3 is 20.7 Å². The number of nitrogens with two attached hydrogens (primary N) is 1. The van der Waals surface area contributed by atoms with E-state index in [4.69, 9.17) is 27.1 Å². The lowest BCUT2D eigenvalue weighted by Crippen LogP contribution is -2.34. The number of halogens is 1. The molecule has 2 fully saturated rings. The summed E-state index contributed by atoms with van der Waals surface area (Å²) in [5.74, 6) is 1.56. The van der Waals surface area contributed by atoms with Gasteiger partial charge in [-0.25, -0.2) is 9.97 Å². The van der Waals surface area contributed by atoms with Crippen molar-refractivity contribution in [2.45, 2.75) is 56.8 Å². The fourth-order valence-corrected chi connectivity index (χ4v) is 6.15. The van der Waals surface area contributed by atoms with Crippen LogP contribution in [-0.2, 0) is 28.2 Å². The molecule has 1 spiro atoms. The molecule has 1 saturated heterocycles. The van der Waals surface area contributed by atoms with Crippen LogP contribution in [0, 0.1) is 0 Å². The van der Waals surface area contributed by atoms with Gasteiger partial charge in [-0.2, -0.15) is 0 Å². The molecule has 7 rings (SSSR count). The highest BCUT2D eigenvalue weighted by Crippen LogP contribution is 2.57. The number of carbonyl (C=O) groups is 1. The van der Waals surface area contributed by atoms with Crippen LogP contribution in [0.1, 0.15) is 60.4 Å². The van der Waals surface area contributed by atoms with E-state index >= 15 is 0 Å². The molecule has 1 amide bonds. The smallest absolute Gasteiger partial charge is 0.235 e. The monoisotopic (exact) mass is 461 g/mol. The first-order valence-electron chi connectivity index (χ1n) is 11.6. The highest BCUT2D eigenvalue weighted by atomic mass is 35.5. The van der Waals surface area contributed by atoms with Gasteiger partial charge in [0.15, 0.2) is 0 Å². The van der Waals surface area contributed by atoms with Crippen LogP contribution in [0.5, 0.6) is 0 Å². The van der Waals surface area contributed by atoms with Gasteiger partial charge in [0, 0.05) is 17.5 Å². The minimum Gasteiger partial charge on any atom is -0.383 e. The maximum atomic E-state index is 12.6. The summed E-state index contributed by atoms with van der Waals surface area (Å²) < 4.78 is 5.67. The number of nitrogens with zero attached hydrogens (tertiary/aromatic N) is 3. The number of aromatic nitrogens is 2. The van der Waals surface area contributed by atoms with Crippen LogP contribution < -0.4 is 16.0 Å². The second kappa shape index (κ2) is 6.81. The Balaban J connectivity index is 1.32. The zero-order valence-electron chi connectivity index (χ0n) is 18.2. The van der Waals surface area contributed by atoms with Gasteiger partial charge in [-0.1, -0.05) is 17.7 Å². The number of rotatable bonds is 2. The van der Waals surface area contributed by atoms with E-state index in [9.17, 15) is 4.79 Å². The molecule has 0 bridgehead atoms. The standard InChI is InChI=1S/C25H24ClN5O2/c26-18-8-13(7-17-22(18)30-24(32)25(17)4-5-25)20-3-1-2-6-31(20)21-9-14-15-11-33-12-16(15)23(27)29-19(14)10-28-21/h7-10,20H,1-6,11-12H2,(H2,27,29)(H,30,32). The number of ether oxygens (including phenoxy) is 1. The molecule has 2 aromatic heterocycles. The van der Waals surface area contributed by atoms with Crippen LogP contribution in [0.3, 0.4) is 0 Å². The molecular formula is C25H24ClN5O2. The van der Waals surface area contributed by atoms with Gasteiger partial charge in [0.2, 0.25) is 5.91 Å². The second-order valence-corrected chi connectivity index (χ2v) is 10.1. The van der Waals surface area contributed by atoms with Crippen LogP contribution in [0.4, 0.5) is 17.3 Å². The van der Waals surface area contributed by atoms with Gasteiger partial charge in [-0.05, 0) is 60.9 Å². The molecule has 4 aliphatic rings. The largest absolute Gasteiger partial charge is 0.383 e. The van der Waals surface area contributed by atoms with E-state index in [1.165, 1.54) is 0 Å². The molecule has 1 aromatic carbocycles. The molecule has 33 heavy (non-hydrogen) atoms. The maximum absolute atomic E-state index is 12.6. The zero-order valence-corrected chi connectivity index (χ0v) is 18.9. The number of benzene rings is 1. The predicted molar refractivity (Wildman–Crippen MR) is 127 cm³/mol. The Kier molecular flexibility index (Phi) is 4.03. The molecule has 168 valence electrons. The lowest BCUT2D eigenvalue weighted by Gasteiger charge is -2.37. The molecule has 7 nitrogen and oxygen atoms in total. The van der Waals surface area contributed by atoms with Crippen molar-refractivity contribution >= 4 is 45.7 Å². The SMILES string of the molecule is Nc1nc2cnc(N3CCCCC3c3cc(Cl)c4c(c3)C3(CC3)C(=O)N4)cc2c2c1COC2. The average molecular weight is 462 g/mol. The summed E-state index contributed by atoms with van der Waals surface area (Å²) in [7, 11) is 0. The Morgan fingerprint density at radius 1 is 1.18 bits per heavy atom. The van der Waals surface area contributed by atoms with E-state index in [0.29, 0.717) is 24.1 Å². The number of fused-ring (bicyclic) bond motifs is 5. The van der Waals surface area contributed by atoms with Crippen molar-refractivity contribution in [3.8, 4) is 0 Å². The third-order valence-electron chi connectivity index (χ3n) is 7.83. The van der Waals surface area contributed by atoms with Gasteiger partial charge in [0.25, 0.3) is 0 Å². The number of nitrogen functional groups attached to an aromatic ring is 1. The van der Waals surface area contributed by atoms with Crippen molar-refractivity contribution in [2.24, 2.45) is 0 Å². The van der Waals surface area contributed by atoms with Gasteiger partial charge in [0.1, 0.15) is 11.6 Å². The van der Waals surface area contributed by atoms with Crippen molar-refractivity contribution < 1.29 is 9.53 Å². The van der Waals surface area contributed by atoms with Crippen molar-refractivity contribution in [3.05, 3.63) is 51.7 Å². The van der Waals surface area contributed by atoms with Gasteiger partial charge >= 0.3 is 0 Å². The molecule has 1 saturated carbocycles. The summed E-state index contributed by atoms with van der Waals surface area (Å²) in [5.41, 5.74) is 11.7. The van der Waals surface area contributed by atoms with E-state index in [1.807, 2.05) is 12.3 Å². The van der Waals surface area contributed by atoms with E-state index in [-0.39, 0.29) is 17.4 Å². The van der Waals surface area contributed by atoms with Crippen molar-refractivity contribution in [1.82, 2.24) is 9.97 Å². The molecule has 3 aromatic rings. The van der Waals surface area contributed by atoms with Gasteiger partial charge in [-0.15, -0.1) is 0 Å². The number of anilines is 3. The van der Waals surface area contributed by atoms with Crippen LogP contribution in [0.15, 0.2) is 24.4 Å². The number of piperidine rings is 1. The molecule has 5 heterocycles. The van der Waals surface area contributed by atoms with Gasteiger partial charge in [-0.3, -0.25) is 4.79 Å². The fraction of sp³-hybridized carbons (Fsp3) is 0.400. The third kappa shape index (κ3) is 2.75. The van der Waals surface area contributed by atoms with E-state index in [2.05, 4.69) is 27.3 Å². The molecule has 8 heteroatoms. The highest BCUT2D eigenvalue weighted by Gasteiger charge is 2.57. The summed E-state index contributed by atoms with van der Waals surface area (Å²) in [6, 6.07) is 6.53. The Bertz CT molecular complexity index is 1350. The normalized spacial score (nSPS) is 22.5. The minimum absolute atomic E-state index is 0.0936. The number of nitrogens with one attached hydrogen (secondary N) is 1. The first-order chi connectivity index (χ1) is 16.0. The van der Waals surface area contributed by atoms with E-state index in [1.54, 1.807) is 0 Å². The Labute approximate surface area is 196 Å². The summed E-state index contributed by atoms with van der Waals surface area (Å²) in [6.07, 6.45) is 6.89. The zero-order chi connectivity index (χ0) is 22.3. The summed E-state index contributed by atoms with van der Waals surface area (Å²) >= 11 is 6.68. The first kappa shape index (κ1) is 19.6. The quantitative estimate of drug-likeness (QED) is 0.578. The Morgan fingerprint density at radius 2 is 2.03 bits per heavy atom. The first-order valence-corrected chi connectivity index (χ1v) is 12.0. The van der Waals surface area contributed by atoms with E-state index in [0.717, 1.165) is 83.3 Å². The molecular weight excluding hydrogens is 438 g/mol. The Hall–Kier alpha value is -2.90. The molecule has 3 N–H and O–H groups in total. The molecule has 1 atom stereocenters.